The van der Waals surface area contributed by atoms with Gasteiger partial charge in [0.1, 0.15) is 37.1 Å². The lowest BCUT2D eigenvalue weighted by molar-refractivity contribution is -0.304. The summed E-state index contributed by atoms with van der Waals surface area (Å²) < 4.78 is 32.5. The van der Waals surface area contributed by atoms with Gasteiger partial charge in [-0.3, -0.25) is 0 Å². The maximum absolute atomic E-state index is 12.4. The third-order valence-corrected chi connectivity index (χ3v) is 6.26. The van der Waals surface area contributed by atoms with Crippen molar-refractivity contribution in [2.24, 2.45) is 0 Å². The van der Waals surface area contributed by atoms with Gasteiger partial charge in [0.05, 0.1) is 33.0 Å². The number of ether oxygens (including phenoxy) is 6. The molecule has 6 N–H and O–H groups in total. The molecule has 0 radical (unpaired) electrons. The molecule has 1 unspecified atom stereocenters. The molecule has 1 aliphatic heterocycles. The number of aromatic hydroxyl groups is 1. The van der Waals surface area contributed by atoms with E-state index in [0.29, 0.717) is 24.3 Å². The minimum atomic E-state index is -1.68. The highest BCUT2D eigenvalue weighted by Crippen LogP contribution is 2.30. The normalized spacial score (nSPS) is 23.3. The average molecular weight is 569 g/mol. The molecule has 1 saturated heterocycles. The van der Waals surface area contributed by atoms with E-state index in [1.54, 1.807) is 18.2 Å². The fraction of sp³-hybridized carbons (Fsp3) is 0.519. The van der Waals surface area contributed by atoms with Crippen LogP contribution >= 0.6 is 0 Å². The standard InChI is InChI=1S/C27H36O13/c1-35-20-11-16(6-7-18(20)30)26(34)37-14-22-23(31)24(32)25(33)27(40-22)38-13-17(12-29)39-19-8-5-15(4-3-9-28)10-21(19)36-2/h5-8,10-11,17,22-25,27-33H,3-4,9,12-14H2,1-2H3/t17?,22-,23-,24+,25-,27-/m1/s1. The molecule has 13 heteroatoms. The minimum absolute atomic E-state index is 0.0578. The molecule has 40 heavy (non-hydrogen) atoms. The summed E-state index contributed by atoms with van der Waals surface area (Å²) in [5.74, 6) is -0.173. The summed E-state index contributed by atoms with van der Waals surface area (Å²) in [7, 11) is 2.79. The summed E-state index contributed by atoms with van der Waals surface area (Å²) in [5, 5.41) is 59.6. The van der Waals surface area contributed by atoms with E-state index in [2.05, 4.69) is 0 Å². The number of carbonyl (C=O) groups excluding carboxylic acids is 1. The predicted octanol–water partition coefficient (Wildman–Crippen LogP) is -0.245. The van der Waals surface area contributed by atoms with Gasteiger partial charge < -0.3 is 59.1 Å². The molecule has 0 spiro atoms. The molecular weight excluding hydrogens is 532 g/mol. The lowest BCUT2D eigenvalue weighted by atomic mass is 9.99. The molecule has 1 heterocycles. The van der Waals surface area contributed by atoms with Gasteiger partial charge in [-0.1, -0.05) is 6.07 Å². The number of aliphatic hydroxyl groups is 5. The molecule has 13 nitrogen and oxygen atoms in total. The molecule has 3 rings (SSSR count). The monoisotopic (exact) mass is 568 g/mol. The Bertz CT molecular complexity index is 1090. The number of methoxy groups -OCH3 is 2. The highest BCUT2D eigenvalue weighted by Gasteiger charge is 2.45. The van der Waals surface area contributed by atoms with Gasteiger partial charge in [-0.25, -0.2) is 4.79 Å². The predicted molar refractivity (Wildman–Crippen MR) is 137 cm³/mol. The number of benzene rings is 2. The number of phenols is 1. The van der Waals surface area contributed by atoms with Crippen LogP contribution in [-0.2, 0) is 20.6 Å². The largest absolute Gasteiger partial charge is 0.504 e. The van der Waals surface area contributed by atoms with Crippen LogP contribution in [0.5, 0.6) is 23.0 Å². The summed E-state index contributed by atoms with van der Waals surface area (Å²) in [5.41, 5.74) is 0.991. The number of rotatable bonds is 14. The van der Waals surface area contributed by atoms with Crippen LogP contribution in [-0.4, -0.2) is 114 Å². The van der Waals surface area contributed by atoms with E-state index in [9.17, 15) is 30.3 Å². The molecule has 2 aromatic rings. The van der Waals surface area contributed by atoms with Crippen molar-refractivity contribution >= 4 is 5.97 Å². The molecule has 6 atom stereocenters. The Morgan fingerprint density at radius 3 is 2.38 bits per heavy atom. The molecule has 0 bridgehead atoms. The van der Waals surface area contributed by atoms with Gasteiger partial charge in [0.2, 0.25) is 0 Å². The summed E-state index contributed by atoms with van der Waals surface area (Å²) in [6.07, 6.45) is -7.33. The zero-order valence-corrected chi connectivity index (χ0v) is 22.2. The van der Waals surface area contributed by atoms with E-state index in [1.165, 1.54) is 32.4 Å². The van der Waals surface area contributed by atoms with Crippen LogP contribution < -0.4 is 14.2 Å². The zero-order valence-electron chi connectivity index (χ0n) is 22.2. The van der Waals surface area contributed by atoms with Crippen molar-refractivity contribution in [3.05, 3.63) is 47.5 Å². The smallest absolute Gasteiger partial charge is 0.338 e. The number of aryl methyl sites for hydroxylation is 1. The number of hydrogen-bond acceptors (Lipinski definition) is 13. The number of phenolic OH excluding ortho intramolecular Hbond substituents is 1. The molecule has 0 saturated carbocycles. The number of hydrogen-bond donors (Lipinski definition) is 6. The van der Waals surface area contributed by atoms with Crippen molar-refractivity contribution in [2.45, 2.75) is 49.7 Å². The highest BCUT2D eigenvalue weighted by molar-refractivity contribution is 5.90. The van der Waals surface area contributed by atoms with Gasteiger partial charge >= 0.3 is 5.97 Å². The third kappa shape index (κ3) is 7.95. The Morgan fingerprint density at radius 2 is 1.70 bits per heavy atom. The third-order valence-electron chi connectivity index (χ3n) is 6.26. The quantitative estimate of drug-likeness (QED) is 0.164. The first-order chi connectivity index (χ1) is 19.2. The second kappa shape index (κ2) is 15.0. The summed E-state index contributed by atoms with van der Waals surface area (Å²) in [6.45, 7) is -1.19. The van der Waals surface area contributed by atoms with Gasteiger partial charge in [-0.15, -0.1) is 0 Å². The van der Waals surface area contributed by atoms with E-state index < -0.39 is 56.0 Å². The van der Waals surface area contributed by atoms with E-state index >= 15 is 0 Å². The second-order valence-electron chi connectivity index (χ2n) is 9.07. The number of aliphatic hydroxyl groups excluding tert-OH is 5. The van der Waals surface area contributed by atoms with Crippen LogP contribution in [0.1, 0.15) is 22.3 Å². The first-order valence-corrected chi connectivity index (χ1v) is 12.6. The average Bonchev–Trinajstić information content (AvgIpc) is 2.97. The van der Waals surface area contributed by atoms with Crippen molar-refractivity contribution in [3.8, 4) is 23.0 Å². The second-order valence-corrected chi connectivity index (χ2v) is 9.07. The fourth-order valence-electron chi connectivity index (χ4n) is 3.99. The van der Waals surface area contributed by atoms with E-state index in [0.717, 1.165) is 5.56 Å². The SMILES string of the molecule is COc1cc(C(=O)OC[C@H]2O[C@@H](OCC(CO)Oc3ccc(CCCO)cc3OC)[C@H](O)[C@@H](O)[C@@H]2O)ccc1O. The summed E-state index contributed by atoms with van der Waals surface area (Å²) in [6, 6.07) is 9.06. The van der Waals surface area contributed by atoms with Gasteiger partial charge in [0.15, 0.2) is 29.3 Å². The van der Waals surface area contributed by atoms with E-state index in [-0.39, 0.29) is 30.3 Å². The van der Waals surface area contributed by atoms with Crippen molar-refractivity contribution in [1.29, 1.82) is 0 Å². The number of esters is 1. The van der Waals surface area contributed by atoms with Crippen LogP contribution in [0.15, 0.2) is 36.4 Å². The van der Waals surface area contributed by atoms with Gasteiger partial charge in [0.25, 0.3) is 0 Å². The number of carbonyl (C=O) groups is 1. The molecule has 0 aromatic heterocycles. The van der Waals surface area contributed by atoms with E-state index in [4.69, 9.17) is 33.5 Å². The first-order valence-electron chi connectivity index (χ1n) is 12.6. The Morgan fingerprint density at radius 1 is 0.950 bits per heavy atom. The molecular formula is C27H36O13. The van der Waals surface area contributed by atoms with Crippen LogP contribution in [0.25, 0.3) is 0 Å². The summed E-state index contributed by atoms with van der Waals surface area (Å²) in [4.78, 5) is 12.4. The Labute approximate surface area is 231 Å². The van der Waals surface area contributed by atoms with Crippen LogP contribution in [0.2, 0.25) is 0 Å². The molecule has 2 aromatic carbocycles. The topological polar surface area (TPSA) is 194 Å². The molecule has 0 amide bonds. The Kier molecular flexibility index (Phi) is 11.8. The maximum Gasteiger partial charge on any atom is 0.338 e. The first kappa shape index (κ1) is 31.4. The van der Waals surface area contributed by atoms with Crippen molar-refractivity contribution in [3.63, 3.8) is 0 Å². The lowest BCUT2D eigenvalue weighted by Crippen LogP contribution is -2.59. The van der Waals surface area contributed by atoms with Crippen molar-refractivity contribution in [1.82, 2.24) is 0 Å². The minimum Gasteiger partial charge on any atom is -0.504 e. The van der Waals surface area contributed by atoms with Crippen LogP contribution in [0.3, 0.4) is 0 Å². The molecule has 1 fully saturated rings. The lowest BCUT2D eigenvalue weighted by Gasteiger charge is -2.40. The van der Waals surface area contributed by atoms with Crippen molar-refractivity contribution in [2.75, 3.05) is 40.6 Å². The fourth-order valence-corrected chi connectivity index (χ4v) is 3.99. The van der Waals surface area contributed by atoms with Crippen molar-refractivity contribution < 1.29 is 63.9 Å². The summed E-state index contributed by atoms with van der Waals surface area (Å²) >= 11 is 0. The molecule has 222 valence electrons. The van der Waals surface area contributed by atoms with Crippen LogP contribution in [0, 0.1) is 0 Å². The van der Waals surface area contributed by atoms with Crippen LogP contribution in [0.4, 0.5) is 0 Å². The highest BCUT2D eigenvalue weighted by atomic mass is 16.7. The van der Waals surface area contributed by atoms with Gasteiger partial charge in [-0.05, 0) is 48.7 Å². The maximum atomic E-state index is 12.4. The van der Waals surface area contributed by atoms with Gasteiger partial charge in [0, 0.05) is 6.61 Å². The molecule has 0 aliphatic carbocycles. The Balaban J connectivity index is 1.59. The Hall–Kier alpha value is -3.17. The zero-order chi connectivity index (χ0) is 29.2. The van der Waals surface area contributed by atoms with Gasteiger partial charge in [-0.2, -0.15) is 0 Å². The molecule has 1 aliphatic rings. The van der Waals surface area contributed by atoms with E-state index in [1.807, 2.05) is 0 Å².